The number of carbonyl (C=O) groups excluding carboxylic acids is 1. The monoisotopic (exact) mass is 417 g/mol. The Morgan fingerprint density at radius 2 is 1.80 bits per heavy atom. The first-order chi connectivity index (χ1) is 14.5. The van der Waals surface area contributed by atoms with Crippen LogP contribution in [0.5, 0.6) is 0 Å². The number of rotatable bonds is 4. The Morgan fingerprint density at radius 1 is 1.00 bits per heavy atom. The Balaban J connectivity index is 1.61. The minimum atomic E-state index is -3.65. The van der Waals surface area contributed by atoms with Crippen molar-refractivity contribution in [2.24, 2.45) is 0 Å². The van der Waals surface area contributed by atoms with Crippen molar-refractivity contribution in [3.8, 4) is 6.07 Å². The molecule has 7 heteroatoms. The smallest absolute Gasteiger partial charge is 0.264 e. The summed E-state index contributed by atoms with van der Waals surface area (Å²) in [5.74, 6) is -0.323. The van der Waals surface area contributed by atoms with Crippen LogP contribution in [0.2, 0.25) is 0 Å². The predicted molar refractivity (Wildman–Crippen MR) is 115 cm³/mol. The molecule has 30 heavy (non-hydrogen) atoms. The van der Waals surface area contributed by atoms with Crippen molar-refractivity contribution in [2.75, 3.05) is 16.2 Å². The topological polar surface area (TPSA) is 90.3 Å². The molecule has 0 bridgehead atoms. The zero-order chi connectivity index (χ0) is 21.1. The van der Waals surface area contributed by atoms with Gasteiger partial charge in [0.1, 0.15) is 0 Å². The molecule has 1 amide bonds. The first-order valence-corrected chi connectivity index (χ1v) is 11.0. The predicted octanol–water partition coefficient (Wildman–Crippen LogP) is 3.95. The number of anilines is 2. The largest absolute Gasteiger partial charge is 0.322 e. The molecule has 3 aromatic rings. The van der Waals surface area contributed by atoms with Gasteiger partial charge in [-0.1, -0.05) is 24.3 Å². The van der Waals surface area contributed by atoms with Gasteiger partial charge in [0.2, 0.25) is 0 Å². The zero-order valence-electron chi connectivity index (χ0n) is 16.1. The van der Waals surface area contributed by atoms with Gasteiger partial charge in [-0.3, -0.25) is 9.10 Å². The van der Waals surface area contributed by atoms with E-state index in [-0.39, 0.29) is 10.8 Å². The number of sulfonamides is 1. The van der Waals surface area contributed by atoms with Crippen molar-refractivity contribution < 1.29 is 13.2 Å². The molecule has 3 aromatic carbocycles. The van der Waals surface area contributed by atoms with Gasteiger partial charge in [0.05, 0.1) is 22.2 Å². The van der Waals surface area contributed by atoms with Gasteiger partial charge >= 0.3 is 0 Å². The molecule has 6 nitrogen and oxygen atoms in total. The lowest BCUT2D eigenvalue weighted by atomic mass is 10.0. The molecule has 0 radical (unpaired) electrons. The van der Waals surface area contributed by atoms with Gasteiger partial charge in [-0.2, -0.15) is 5.26 Å². The minimum absolute atomic E-state index is 0.257. The fraction of sp³-hybridized carbons (Fsp3) is 0.130. The molecule has 1 heterocycles. The molecule has 0 spiro atoms. The van der Waals surface area contributed by atoms with Crippen LogP contribution in [0.25, 0.3) is 0 Å². The molecular formula is C23H19N3O3S. The van der Waals surface area contributed by atoms with Crippen molar-refractivity contribution in [2.45, 2.75) is 17.7 Å². The molecule has 0 atom stereocenters. The molecule has 1 aliphatic rings. The van der Waals surface area contributed by atoms with E-state index in [2.05, 4.69) is 5.32 Å². The average molecular weight is 417 g/mol. The SMILES string of the molecule is N#Cc1cccc(C(=O)Nc2ccc3c(c2)CCCN3S(=O)(=O)c2ccccc2)c1. The molecule has 0 fully saturated rings. The van der Waals surface area contributed by atoms with Crippen LogP contribution in [-0.4, -0.2) is 20.9 Å². The molecule has 0 aromatic heterocycles. The third-order valence-electron chi connectivity index (χ3n) is 5.00. The average Bonchev–Trinajstić information content (AvgIpc) is 2.79. The van der Waals surface area contributed by atoms with E-state index in [4.69, 9.17) is 5.26 Å². The normalized spacial score (nSPS) is 13.2. The fourth-order valence-electron chi connectivity index (χ4n) is 3.54. The van der Waals surface area contributed by atoms with Crippen molar-refractivity contribution in [1.29, 1.82) is 5.26 Å². The summed E-state index contributed by atoms with van der Waals surface area (Å²) in [5.41, 5.74) is 2.88. The van der Waals surface area contributed by atoms with Crippen molar-refractivity contribution in [3.05, 3.63) is 89.5 Å². The summed E-state index contributed by atoms with van der Waals surface area (Å²) in [7, 11) is -3.65. The molecule has 150 valence electrons. The number of amides is 1. The lowest BCUT2D eigenvalue weighted by Crippen LogP contribution is -2.35. The highest BCUT2D eigenvalue weighted by Gasteiger charge is 2.29. The van der Waals surface area contributed by atoms with Gasteiger partial charge in [0.15, 0.2) is 0 Å². The summed E-state index contributed by atoms with van der Waals surface area (Å²) >= 11 is 0. The Hall–Kier alpha value is -3.63. The van der Waals surface area contributed by atoms with E-state index in [1.165, 1.54) is 10.4 Å². The van der Waals surface area contributed by atoms with Gasteiger partial charge < -0.3 is 5.32 Å². The Morgan fingerprint density at radius 3 is 2.57 bits per heavy atom. The Kier molecular flexibility index (Phi) is 5.25. The summed E-state index contributed by atoms with van der Waals surface area (Å²) in [6.07, 6.45) is 1.42. The number of carbonyl (C=O) groups is 1. The third-order valence-corrected chi connectivity index (χ3v) is 6.83. The number of benzene rings is 3. The highest BCUT2D eigenvalue weighted by molar-refractivity contribution is 7.92. The highest BCUT2D eigenvalue weighted by Crippen LogP contribution is 2.33. The minimum Gasteiger partial charge on any atom is -0.322 e. The van der Waals surface area contributed by atoms with Gasteiger partial charge in [0.25, 0.3) is 15.9 Å². The molecule has 0 saturated carbocycles. The van der Waals surface area contributed by atoms with E-state index in [9.17, 15) is 13.2 Å². The lowest BCUT2D eigenvalue weighted by molar-refractivity contribution is 0.102. The van der Waals surface area contributed by atoms with Gasteiger partial charge in [-0.25, -0.2) is 8.42 Å². The number of hydrogen-bond donors (Lipinski definition) is 1. The first-order valence-electron chi connectivity index (χ1n) is 9.51. The van der Waals surface area contributed by atoms with Gasteiger partial charge in [-0.15, -0.1) is 0 Å². The van der Waals surface area contributed by atoms with Crippen LogP contribution in [0.3, 0.4) is 0 Å². The number of fused-ring (bicyclic) bond motifs is 1. The molecule has 0 aliphatic carbocycles. The Bertz CT molecular complexity index is 1250. The van der Waals surface area contributed by atoms with Crippen molar-refractivity contribution in [1.82, 2.24) is 0 Å². The molecule has 1 aliphatic heterocycles. The van der Waals surface area contributed by atoms with E-state index in [1.807, 2.05) is 12.1 Å². The Labute approximate surface area is 175 Å². The molecule has 4 rings (SSSR count). The number of aryl methyl sites for hydroxylation is 1. The second kappa shape index (κ2) is 8.01. The van der Waals surface area contributed by atoms with Crippen molar-refractivity contribution >= 4 is 27.3 Å². The van der Waals surface area contributed by atoms with Crippen LogP contribution >= 0.6 is 0 Å². The maximum Gasteiger partial charge on any atom is 0.264 e. The summed E-state index contributed by atoms with van der Waals surface area (Å²) in [6.45, 7) is 0.414. The molecule has 1 N–H and O–H groups in total. The number of nitriles is 1. The maximum absolute atomic E-state index is 13.1. The van der Waals surface area contributed by atoms with Gasteiger partial charge in [0, 0.05) is 17.8 Å². The summed E-state index contributed by atoms with van der Waals surface area (Å²) < 4.78 is 27.6. The summed E-state index contributed by atoms with van der Waals surface area (Å²) in [4.78, 5) is 12.8. The van der Waals surface area contributed by atoms with Crippen LogP contribution in [0.1, 0.15) is 27.9 Å². The van der Waals surface area contributed by atoms with Crippen LogP contribution in [-0.2, 0) is 16.4 Å². The zero-order valence-corrected chi connectivity index (χ0v) is 16.9. The van der Waals surface area contributed by atoms with E-state index < -0.39 is 10.0 Å². The van der Waals surface area contributed by atoms with Gasteiger partial charge in [-0.05, 0) is 66.9 Å². The molecular weight excluding hydrogens is 398 g/mol. The number of hydrogen-bond acceptors (Lipinski definition) is 4. The second-order valence-corrected chi connectivity index (χ2v) is 8.85. The van der Waals surface area contributed by atoms with Crippen molar-refractivity contribution in [3.63, 3.8) is 0 Å². The molecule has 0 unspecified atom stereocenters. The second-order valence-electron chi connectivity index (χ2n) is 6.98. The maximum atomic E-state index is 13.1. The quantitative estimate of drug-likeness (QED) is 0.696. The molecule has 0 saturated heterocycles. The summed E-state index contributed by atoms with van der Waals surface area (Å²) in [5, 5.41) is 11.8. The van der Waals surface area contributed by atoms with E-state index in [1.54, 1.807) is 60.7 Å². The first kappa shape index (κ1) is 19.7. The lowest BCUT2D eigenvalue weighted by Gasteiger charge is -2.30. The van der Waals surface area contributed by atoms with Crippen LogP contribution < -0.4 is 9.62 Å². The summed E-state index contributed by atoms with van der Waals surface area (Å²) in [6, 6.07) is 22.1. The van der Waals surface area contributed by atoms with E-state index in [0.717, 1.165) is 12.0 Å². The number of nitrogens with one attached hydrogen (secondary N) is 1. The van der Waals surface area contributed by atoms with Crippen LogP contribution in [0, 0.1) is 11.3 Å². The fourth-order valence-corrected chi connectivity index (χ4v) is 5.11. The standard InChI is InChI=1S/C23H19N3O3S/c24-16-17-6-4-7-19(14-17)23(27)25-20-11-12-22-18(15-20)8-5-13-26(22)30(28,29)21-9-2-1-3-10-21/h1-4,6-7,9-12,14-15H,5,8,13H2,(H,25,27). The van der Waals surface area contributed by atoms with E-state index in [0.29, 0.717) is 35.5 Å². The number of nitrogens with zero attached hydrogens (tertiary/aromatic N) is 2. The third kappa shape index (κ3) is 3.78. The van der Waals surface area contributed by atoms with E-state index >= 15 is 0 Å². The van der Waals surface area contributed by atoms with Crippen LogP contribution in [0.4, 0.5) is 11.4 Å². The van der Waals surface area contributed by atoms with Crippen LogP contribution in [0.15, 0.2) is 77.7 Å². The highest BCUT2D eigenvalue weighted by atomic mass is 32.2.